The Hall–Kier alpha value is -2.45. The van der Waals surface area contributed by atoms with Crippen LogP contribution in [-0.4, -0.2) is 76.1 Å². The van der Waals surface area contributed by atoms with Crippen LogP contribution in [-0.2, 0) is 4.79 Å². The highest BCUT2D eigenvalue weighted by Gasteiger charge is 2.34. The molecule has 1 saturated heterocycles. The van der Waals surface area contributed by atoms with E-state index in [9.17, 15) is 19.1 Å². The van der Waals surface area contributed by atoms with E-state index in [2.05, 4.69) is 15.2 Å². The summed E-state index contributed by atoms with van der Waals surface area (Å²) in [4.78, 5) is 31.8. The molecule has 1 aromatic heterocycles. The Morgan fingerprint density at radius 3 is 2.81 bits per heavy atom. The van der Waals surface area contributed by atoms with E-state index in [1.165, 1.54) is 6.07 Å². The fourth-order valence-electron chi connectivity index (χ4n) is 5.12. The first kappa shape index (κ1) is 21.8. The Morgan fingerprint density at radius 1 is 1.29 bits per heavy atom. The van der Waals surface area contributed by atoms with Crippen LogP contribution < -0.4 is 5.32 Å². The van der Waals surface area contributed by atoms with E-state index in [4.69, 9.17) is 0 Å². The number of aryl methyl sites for hydroxylation is 1. The molecule has 0 bridgehead atoms. The monoisotopic (exact) mass is 430 g/mol. The molecular formula is C23H31FN4O3. The molecule has 168 valence electrons. The number of aliphatic hydroxyl groups excluding tert-OH is 1. The van der Waals surface area contributed by atoms with Crippen LogP contribution in [0.2, 0.25) is 0 Å². The number of H-pyrrole nitrogens is 1. The van der Waals surface area contributed by atoms with Gasteiger partial charge in [-0.3, -0.25) is 14.5 Å². The molecule has 1 unspecified atom stereocenters. The van der Waals surface area contributed by atoms with E-state index < -0.39 is 0 Å². The van der Waals surface area contributed by atoms with Gasteiger partial charge in [-0.25, -0.2) is 4.39 Å². The molecule has 1 aliphatic carbocycles. The molecule has 0 radical (unpaired) electrons. The Kier molecular flexibility index (Phi) is 6.29. The zero-order valence-electron chi connectivity index (χ0n) is 18.2. The van der Waals surface area contributed by atoms with Gasteiger partial charge in [0.15, 0.2) is 0 Å². The number of hydrogen-bond acceptors (Lipinski definition) is 4. The molecule has 8 heteroatoms. The topological polar surface area (TPSA) is 88.7 Å². The van der Waals surface area contributed by atoms with Gasteiger partial charge in [-0.05, 0) is 50.3 Å². The fourth-order valence-corrected chi connectivity index (χ4v) is 5.12. The molecule has 0 spiro atoms. The molecule has 2 aliphatic rings. The van der Waals surface area contributed by atoms with Crippen molar-refractivity contribution in [2.75, 3.05) is 26.2 Å². The molecule has 4 rings (SSSR count). The maximum atomic E-state index is 14.1. The van der Waals surface area contributed by atoms with Crippen LogP contribution in [0.15, 0.2) is 18.2 Å². The zero-order valence-corrected chi connectivity index (χ0v) is 18.2. The largest absolute Gasteiger partial charge is 0.394 e. The number of amides is 2. The maximum absolute atomic E-state index is 14.1. The van der Waals surface area contributed by atoms with Crippen molar-refractivity contribution in [2.45, 2.75) is 57.7 Å². The van der Waals surface area contributed by atoms with Crippen LogP contribution in [0.4, 0.5) is 4.39 Å². The van der Waals surface area contributed by atoms with Crippen molar-refractivity contribution in [1.82, 2.24) is 20.1 Å². The molecule has 1 aromatic carbocycles. The lowest BCUT2D eigenvalue weighted by atomic mass is 9.89. The first-order chi connectivity index (χ1) is 14.9. The number of nitrogens with zero attached hydrogens (tertiary/aromatic N) is 2. The lowest BCUT2D eigenvalue weighted by Gasteiger charge is -2.45. The first-order valence-electron chi connectivity index (χ1n) is 11.1. The lowest BCUT2D eigenvalue weighted by molar-refractivity contribution is -0.135. The summed E-state index contributed by atoms with van der Waals surface area (Å²) in [6, 6.07) is 4.88. The fraction of sp³-hybridized carbons (Fsp3) is 0.565. The minimum absolute atomic E-state index is 0.00232. The van der Waals surface area contributed by atoms with E-state index in [-0.39, 0.29) is 36.3 Å². The summed E-state index contributed by atoms with van der Waals surface area (Å²) >= 11 is 0. The van der Waals surface area contributed by atoms with E-state index in [0.717, 1.165) is 37.8 Å². The Balaban J connectivity index is 1.40. The number of piperazine rings is 1. The molecule has 2 aromatic rings. The first-order valence-corrected chi connectivity index (χ1v) is 11.1. The van der Waals surface area contributed by atoms with Crippen molar-refractivity contribution in [2.24, 2.45) is 0 Å². The minimum atomic E-state index is -0.336. The molecule has 1 saturated carbocycles. The van der Waals surface area contributed by atoms with Gasteiger partial charge < -0.3 is 20.3 Å². The zero-order chi connectivity index (χ0) is 22.1. The molecule has 2 amide bonds. The highest BCUT2D eigenvalue weighted by atomic mass is 19.1. The number of benzene rings is 1. The number of nitrogens with one attached hydrogen (secondary N) is 2. The number of carbonyl (C=O) groups excluding carboxylic acids is 2. The summed E-state index contributed by atoms with van der Waals surface area (Å²) in [7, 11) is 0. The second-order valence-corrected chi connectivity index (χ2v) is 8.87. The quantitative estimate of drug-likeness (QED) is 0.694. The summed E-state index contributed by atoms with van der Waals surface area (Å²) in [6.07, 6.45) is 3.79. The highest BCUT2D eigenvalue weighted by molar-refractivity contribution is 5.99. The van der Waals surface area contributed by atoms with Crippen LogP contribution in [0.1, 0.15) is 48.7 Å². The summed E-state index contributed by atoms with van der Waals surface area (Å²) in [5.74, 6) is -0.551. The number of aromatic nitrogens is 1. The van der Waals surface area contributed by atoms with Crippen molar-refractivity contribution < 1.29 is 19.1 Å². The van der Waals surface area contributed by atoms with Crippen LogP contribution in [0.25, 0.3) is 10.9 Å². The van der Waals surface area contributed by atoms with E-state index in [0.29, 0.717) is 35.7 Å². The number of fused-ring (bicyclic) bond motifs is 1. The average Bonchev–Trinajstić information content (AvgIpc) is 3.23. The molecule has 2 fully saturated rings. The molecule has 7 nitrogen and oxygen atoms in total. The third-order valence-electron chi connectivity index (χ3n) is 6.82. The van der Waals surface area contributed by atoms with Gasteiger partial charge in [0, 0.05) is 44.0 Å². The number of hydrogen-bond donors (Lipinski definition) is 3. The van der Waals surface area contributed by atoms with Gasteiger partial charge in [0.25, 0.3) is 5.91 Å². The Bertz CT molecular complexity index is 936. The van der Waals surface area contributed by atoms with Crippen molar-refractivity contribution in [3.8, 4) is 0 Å². The maximum Gasteiger partial charge on any atom is 0.267 e. The van der Waals surface area contributed by atoms with Crippen molar-refractivity contribution in [3.63, 3.8) is 0 Å². The minimum Gasteiger partial charge on any atom is -0.394 e. The van der Waals surface area contributed by atoms with Crippen molar-refractivity contribution in [1.29, 1.82) is 0 Å². The predicted molar refractivity (Wildman–Crippen MR) is 116 cm³/mol. The number of aliphatic hydroxyl groups is 1. The van der Waals surface area contributed by atoms with Crippen LogP contribution in [0.3, 0.4) is 0 Å². The van der Waals surface area contributed by atoms with Crippen molar-refractivity contribution in [3.05, 3.63) is 35.3 Å². The van der Waals surface area contributed by atoms with E-state index in [1.807, 2.05) is 6.92 Å². The van der Waals surface area contributed by atoms with Gasteiger partial charge in [0.1, 0.15) is 11.5 Å². The molecular weight excluding hydrogens is 399 g/mol. The van der Waals surface area contributed by atoms with Crippen LogP contribution in [0.5, 0.6) is 0 Å². The van der Waals surface area contributed by atoms with E-state index in [1.54, 1.807) is 24.0 Å². The Labute approximate surface area is 181 Å². The third-order valence-corrected chi connectivity index (χ3v) is 6.82. The van der Waals surface area contributed by atoms with Gasteiger partial charge in [0.05, 0.1) is 18.2 Å². The highest BCUT2D eigenvalue weighted by Crippen LogP contribution is 2.27. The van der Waals surface area contributed by atoms with Gasteiger partial charge in [-0.2, -0.15) is 0 Å². The predicted octanol–water partition coefficient (Wildman–Crippen LogP) is 2.18. The summed E-state index contributed by atoms with van der Waals surface area (Å²) < 4.78 is 14.1. The molecule has 3 atom stereocenters. The van der Waals surface area contributed by atoms with E-state index >= 15 is 0 Å². The lowest BCUT2D eigenvalue weighted by Crippen LogP contribution is -2.59. The normalized spacial score (nSPS) is 25.0. The van der Waals surface area contributed by atoms with Gasteiger partial charge in [-0.1, -0.05) is 6.07 Å². The second-order valence-electron chi connectivity index (χ2n) is 8.87. The standard InChI is InChI=1S/C23H31FN4O3/c1-14-6-7-20(24)19-11-21(26-22(14)19)23(31)25-16-4-3-5-17(10-16)27-8-9-28(15(2)30)18(12-27)13-29/h6-7,11,16-18,26,29H,3-5,8-10,12-13H2,1-2H3,(H,25,31)/t16-,17+,18?/m1/s1. The molecule has 2 heterocycles. The molecule has 31 heavy (non-hydrogen) atoms. The molecule has 3 N–H and O–H groups in total. The number of carbonyl (C=O) groups is 2. The summed E-state index contributed by atoms with van der Waals surface area (Å²) in [5, 5.41) is 13.3. The van der Waals surface area contributed by atoms with Gasteiger partial charge in [0.2, 0.25) is 5.91 Å². The molecule has 1 aliphatic heterocycles. The summed E-state index contributed by atoms with van der Waals surface area (Å²) in [5.41, 5.74) is 1.93. The van der Waals surface area contributed by atoms with Gasteiger partial charge >= 0.3 is 0 Å². The van der Waals surface area contributed by atoms with Gasteiger partial charge in [-0.15, -0.1) is 0 Å². The number of halogens is 1. The Morgan fingerprint density at radius 2 is 2.10 bits per heavy atom. The second kappa shape index (κ2) is 8.96. The average molecular weight is 431 g/mol. The third kappa shape index (κ3) is 4.45. The number of aromatic amines is 1. The summed E-state index contributed by atoms with van der Waals surface area (Å²) in [6.45, 7) is 5.44. The number of rotatable bonds is 4. The van der Waals surface area contributed by atoms with Crippen LogP contribution >= 0.6 is 0 Å². The van der Waals surface area contributed by atoms with Crippen molar-refractivity contribution >= 4 is 22.7 Å². The van der Waals surface area contributed by atoms with Crippen LogP contribution in [0, 0.1) is 12.7 Å². The smallest absolute Gasteiger partial charge is 0.267 e. The SMILES string of the molecule is CC(=O)N1CCN([C@H]2CCC[C@@H](NC(=O)c3cc4c(F)ccc(C)c4[nH]3)C2)CC1CO.